The molecule has 0 unspecified atom stereocenters. The number of carboxylic acids is 1. The number of likely N-dealkylation sites (tertiary alicyclic amines) is 1. The molecule has 42 heavy (non-hydrogen) atoms. The number of ether oxygens (including phenoxy) is 3. The Bertz CT molecular complexity index is 1650. The molecule has 11 heteroatoms. The molecule has 0 spiro atoms. The smallest absolute Gasteiger partial charge is 0.354 e. The van der Waals surface area contributed by atoms with E-state index < -0.39 is 17.9 Å². The van der Waals surface area contributed by atoms with Gasteiger partial charge < -0.3 is 23.9 Å². The summed E-state index contributed by atoms with van der Waals surface area (Å²) in [5.74, 6) is 1.01. The molecule has 0 bridgehead atoms. The lowest BCUT2D eigenvalue weighted by molar-refractivity contribution is -0.0593. The van der Waals surface area contributed by atoms with Crippen LogP contribution in [0.4, 0.5) is 4.39 Å². The van der Waals surface area contributed by atoms with Crippen LogP contribution in [0.25, 0.3) is 11.2 Å². The Kier molecular flexibility index (Phi) is 7.21. The maximum Gasteiger partial charge on any atom is 0.354 e. The molecule has 2 saturated heterocycles. The van der Waals surface area contributed by atoms with Gasteiger partial charge in [0.25, 0.3) is 0 Å². The second kappa shape index (κ2) is 11.2. The van der Waals surface area contributed by atoms with Crippen molar-refractivity contribution in [3.05, 3.63) is 82.0 Å². The van der Waals surface area contributed by atoms with Crippen LogP contribution >= 0.6 is 11.6 Å². The fraction of sp³-hybridized carbons (Fsp3) is 0.387. The van der Waals surface area contributed by atoms with E-state index >= 15 is 0 Å². The van der Waals surface area contributed by atoms with Crippen LogP contribution in [0.2, 0.25) is 5.02 Å². The largest absolute Gasteiger partial charge is 0.485 e. The molecule has 218 valence electrons. The zero-order chi connectivity index (χ0) is 28.8. The van der Waals surface area contributed by atoms with Gasteiger partial charge in [-0.3, -0.25) is 4.90 Å². The lowest BCUT2D eigenvalue weighted by Gasteiger charge is -2.35. The number of carboxylic acid groups (broad SMARTS) is 1. The predicted molar refractivity (Wildman–Crippen MR) is 153 cm³/mol. The number of halogens is 2. The maximum atomic E-state index is 14.7. The standard InChI is InChI=1S/C31H30ClFN4O5/c32-19-4-5-22(23(33)14-19)27-17-41-26-3-1-2-21(29(26)42-27)18-8-11-36(12-9-18)16-28-34-24-6-7-25(31(38)39)35-30(24)37(28)15-20-10-13-40-20/h1-7,14,18,20,27H,8-13,15-17H2,(H,38,39)/t20-,27+/m0/s1. The number of para-hydroxylation sites is 1. The Labute approximate surface area is 246 Å². The normalized spacial score (nSPS) is 20.9. The molecule has 3 aliphatic heterocycles. The first-order chi connectivity index (χ1) is 20.4. The maximum absolute atomic E-state index is 14.7. The molecule has 0 radical (unpaired) electrons. The summed E-state index contributed by atoms with van der Waals surface area (Å²) in [5.41, 5.74) is 2.77. The number of fused-ring (bicyclic) bond motifs is 2. The van der Waals surface area contributed by atoms with Crippen molar-refractivity contribution in [2.75, 3.05) is 26.3 Å². The van der Waals surface area contributed by atoms with Crippen LogP contribution in [0.3, 0.4) is 0 Å². The molecule has 0 aliphatic carbocycles. The van der Waals surface area contributed by atoms with Gasteiger partial charge in [0, 0.05) is 22.8 Å². The van der Waals surface area contributed by atoms with E-state index in [-0.39, 0.29) is 24.3 Å². The van der Waals surface area contributed by atoms with Crippen LogP contribution in [-0.2, 0) is 17.8 Å². The summed E-state index contributed by atoms with van der Waals surface area (Å²) in [6.45, 7) is 3.89. The fourth-order valence-electron chi connectivity index (χ4n) is 6.07. The molecule has 2 aromatic heterocycles. The number of carbonyl (C=O) groups is 1. The van der Waals surface area contributed by atoms with Gasteiger partial charge >= 0.3 is 5.97 Å². The van der Waals surface area contributed by atoms with Crippen molar-refractivity contribution >= 4 is 28.7 Å². The summed E-state index contributed by atoms with van der Waals surface area (Å²) in [4.78, 5) is 23.2. The van der Waals surface area contributed by atoms with Crippen molar-refractivity contribution in [1.29, 1.82) is 0 Å². The van der Waals surface area contributed by atoms with Crippen LogP contribution in [0, 0.1) is 5.82 Å². The van der Waals surface area contributed by atoms with Crippen LogP contribution in [0.15, 0.2) is 48.5 Å². The first-order valence-electron chi connectivity index (χ1n) is 14.2. The summed E-state index contributed by atoms with van der Waals surface area (Å²) in [6.07, 6.45) is 2.31. The third-order valence-corrected chi connectivity index (χ3v) is 8.67. The number of imidazole rings is 1. The summed E-state index contributed by atoms with van der Waals surface area (Å²) >= 11 is 5.95. The molecule has 4 aromatic rings. The monoisotopic (exact) mass is 592 g/mol. The van der Waals surface area contributed by atoms with E-state index in [2.05, 4.69) is 16.0 Å². The molecule has 0 saturated carbocycles. The van der Waals surface area contributed by atoms with E-state index in [0.29, 0.717) is 46.3 Å². The van der Waals surface area contributed by atoms with E-state index in [1.165, 1.54) is 12.1 Å². The molecule has 2 atom stereocenters. The molecule has 1 N–H and O–H groups in total. The molecule has 2 aromatic carbocycles. The minimum absolute atomic E-state index is 0.00368. The topological polar surface area (TPSA) is 98.9 Å². The number of piperidine rings is 1. The summed E-state index contributed by atoms with van der Waals surface area (Å²) < 4.78 is 34.8. The van der Waals surface area contributed by atoms with E-state index in [4.69, 9.17) is 30.8 Å². The molecule has 0 amide bonds. The predicted octanol–water partition coefficient (Wildman–Crippen LogP) is 5.60. The van der Waals surface area contributed by atoms with Crippen molar-refractivity contribution in [3.63, 3.8) is 0 Å². The van der Waals surface area contributed by atoms with E-state index in [9.17, 15) is 14.3 Å². The number of aromatic nitrogens is 3. The van der Waals surface area contributed by atoms with Gasteiger partial charge in [-0.1, -0.05) is 29.8 Å². The third kappa shape index (κ3) is 5.19. The van der Waals surface area contributed by atoms with Crippen molar-refractivity contribution in [2.45, 2.75) is 50.5 Å². The first kappa shape index (κ1) is 27.1. The van der Waals surface area contributed by atoms with Gasteiger partial charge in [0.1, 0.15) is 23.8 Å². The Balaban J connectivity index is 1.07. The molecule has 2 fully saturated rings. The number of aromatic carboxylic acids is 1. The van der Waals surface area contributed by atoms with Crippen molar-refractivity contribution in [3.8, 4) is 11.5 Å². The Morgan fingerprint density at radius 2 is 1.90 bits per heavy atom. The second-order valence-electron chi connectivity index (χ2n) is 11.1. The first-order valence-corrected chi connectivity index (χ1v) is 14.6. The number of rotatable bonds is 7. The average Bonchev–Trinajstić information content (AvgIpc) is 3.30. The number of benzene rings is 2. The van der Waals surface area contributed by atoms with Crippen molar-refractivity contribution in [2.24, 2.45) is 0 Å². The third-order valence-electron chi connectivity index (χ3n) is 8.43. The molecular weight excluding hydrogens is 563 g/mol. The minimum Gasteiger partial charge on any atom is -0.485 e. The van der Waals surface area contributed by atoms with Gasteiger partial charge in [0.05, 0.1) is 19.2 Å². The van der Waals surface area contributed by atoms with Crippen LogP contribution in [-0.4, -0.2) is 62.9 Å². The minimum atomic E-state index is -1.06. The lowest BCUT2D eigenvalue weighted by Crippen LogP contribution is -2.35. The van der Waals surface area contributed by atoms with E-state index in [1.807, 2.05) is 16.7 Å². The Morgan fingerprint density at radius 3 is 2.64 bits per heavy atom. The van der Waals surface area contributed by atoms with Gasteiger partial charge in [-0.2, -0.15) is 0 Å². The lowest BCUT2D eigenvalue weighted by atomic mass is 9.88. The summed E-state index contributed by atoms with van der Waals surface area (Å²) in [5, 5.41) is 9.81. The van der Waals surface area contributed by atoms with Crippen molar-refractivity contribution in [1.82, 2.24) is 19.4 Å². The summed E-state index contributed by atoms with van der Waals surface area (Å²) in [6, 6.07) is 13.8. The highest BCUT2D eigenvalue weighted by molar-refractivity contribution is 6.30. The molecule has 9 nitrogen and oxygen atoms in total. The second-order valence-corrected chi connectivity index (χ2v) is 11.5. The quantitative estimate of drug-likeness (QED) is 0.296. The molecule has 7 rings (SSSR count). The highest BCUT2D eigenvalue weighted by atomic mass is 35.5. The zero-order valence-electron chi connectivity index (χ0n) is 22.8. The SMILES string of the molecule is O=C(O)c1ccc2nc(CN3CCC(c4cccc5c4O[C@@H](c4ccc(Cl)cc4F)CO5)CC3)n(C[C@@H]3CCO3)c2n1. The number of hydrogen-bond acceptors (Lipinski definition) is 7. The molecule has 5 heterocycles. The average molecular weight is 593 g/mol. The van der Waals surface area contributed by atoms with Crippen LogP contribution in [0.5, 0.6) is 11.5 Å². The van der Waals surface area contributed by atoms with Gasteiger partial charge in [0.15, 0.2) is 28.9 Å². The van der Waals surface area contributed by atoms with Crippen molar-refractivity contribution < 1.29 is 28.5 Å². The number of hydrogen-bond donors (Lipinski definition) is 1. The van der Waals surface area contributed by atoms with Gasteiger partial charge in [-0.25, -0.2) is 19.2 Å². The van der Waals surface area contributed by atoms with Gasteiger partial charge in [-0.15, -0.1) is 0 Å². The van der Waals surface area contributed by atoms with Crippen LogP contribution in [0.1, 0.15) is 58.7 Å². The van der Waals surface area contributed by atoms with Gasteiger partial charge in [0.2, 0.25) is 0 Å². The van der Waals surface area contributed by atoms with Crippen LogP contribution < -0.4 is 9.47 Å². The van der Waals surface area contributed by atoms with E-state index in [0.717, 1.165) is 50.3 Å². The highest BCUT2D eigenvalue weighted by Gasteiger charge is 2.31. The number of pyridine rings is 1. The van der Waals surface area contributed by atoms with Gasteiger partial charge in [-0.05, 0) is 68.6 Å². The molecule has 3 aliphatic rings. The Hall–Kier alpha value is -3.73. The van der Waals surface area contributed by atoms with E-state index in [1.54, 1.807) is 18.2 Å². The highest BCUT2D eigenvalue weighted by Crippen LogP contribution is 2.45. The Morgan fingerprint density at radius 1 is 1.07 bits per heavy atom. The number of nitrogens with zero attached hydrogens (tertiary/aromatic N) is 4. The summed E-state index contributed by atoms with van der Waals surface area (Å²) in [7, 11) is 0. The molecular formula is C31H30ClFN4O5. The fourth-order valence-corrected chi connectivity index (χ4v) is 6.22. The zero-order valence-corrected chi connectivity index (χ0v) is 23.6.